The molecule has 0 saturated carbocycles. The summed E-state index contributed by atoms with van der Waals surface area (Å²) in [7, 11) is 0. The summed E-state index contributed by atoms with van der Waals surface area (Å²) in [5.74, 6) is 1.70. The summed E-state index contributed by atoms with van der Waals surface area (Å²) < 4.78 is 1.01. The second-order valence-electron chi connectivity index (χ2n) is 6.05. The van der Waals surface area contributed by atoms with Crippen molar-refractivity contribution in [3.05, 3.63) is 40.5 Å². The molecule has 23 heavy (non-hydrogen) atoms. The monoisotopic (exact) mass is 374 g/mol. The highest BCUT2D eigenvalue weighted by Gasteiger charge is 2.22. The van der Waals surface area contributed by atoms with Crippen LogP contribution in [0.3, 0.4) is 0 Å². The van der Waals surface area contributed by atoms with E-state index in [-0.39, 0.29) is 0 Å². The number of halogens is 1. The van der Waals surface area contributed by atoms with E-state index in [2.05, 4.69) is 44.1 Å². The van der Waals surface area contributed by atoms with E-state index in [1.807, 2.05) is 31.2 Å². The minimum absolute atomic E-state index is 0.592. The van der Waals surface area contributed by atoms with Crippen LogP contribution in [-0.2, 0) is 0 Å². The third-order valence-electron chi connectivity index (χ3n) is 4.35. The number of aromatic nitrogens is 2. The van der Waals surface area contributed by atoms with E-state index in [0.717, 1.165) is 34.6 Å². The van der Waals surface area contributed by atoms with Gasteiger partial charge in [-0.2, -0.15) is 4.98 Å². The third kappa shape index (κ3) is 3.83. The second kappa shape index (κ2) is 7.30. The van der Waals surface area contributed by atoms with Crippen molar-refractivity contribution in [3.63, 3.8) is 0 Å². The smallest absolute Gasteiger partial charge is 0.229 e. The molecular formula is C18H23BrN4. The van der Waals surface area contributed by atoms with Gasteiger partial charge in [0.05, 0.1) is 5.69 Å². The van der Waals surface area contributed by atoms with E-state index in [9.17, 15) is 0 Å². The van der Waals surface area contributed by atoms with E-state index in [0.29, 0.717) is 12.0 Å². The number of nitrogens with one attached hydrogen (secondary N) is 1. The number of piperidine rings is 1. The summed E-state index contributed by atoms with van der Waals surface area (Å²) in [6.45, 7) is 5.38. The van der Waals surface area contributed by atoms with Gasteiger partial charge in [-0.15, -0.1) is 0 Å². The zero-order valence-corrected chi connectivity index (χ0v) is 15.3. The van der Waals surface area contributed by atoms with Crippen molar-refractivity contribution in [2.75, 3.05) is 16.8 Å². The van der Waals surface area contributed by atoms with Gasteiger partial charge in [-0.05, 0) is 60.7 Å². The summed E-state index contributed by atoms with van der Waals surface area (Å²) >= 11 is 3.56. The van der Waals surface area contributed by atoms with Gasteiger partial charge < -0.3 is 10.2 Å². The fraction of sp³-hybridized carbons (Fsp3) is 0.444. The number of hydrogen-bond acceptors (Lipinski definition) is 4. The van der Waals surface area contributed by atoms with Gasteiger partial charge in [0.15, 0.2) is 0 Å². The zero-order chi connectivity index (χ0) is 16.2. The summed E-state index contributed by atoms with van der Waals surface area (Å²) in [6, 6.07) is 10.7. The van der Waals surface area contributed by atoms with E-state index in [1.54, 1.807) is 0 Å². The molecule has 1 aliphatic rings. The summed E-state index contributed by atoms with van der Waals surface area (Å²) in [4.78, 5) is 11.8. The van der Waals surface area contributed by atoms with Crippen LogP contribution in [-0.4, -0.2) is 22.6 Å². The maximum absolute atomic E-state index is 4.77. The summed E-state index contributed by atoms with van der Waals surface area (Å²) in [5.41, 5.74) is 1.97. The Morgan fingerprint density at radius 2 is 2.09 bits per heavy atom. The topological polar surface area (TPSA) is 41.1 Å². The molecule has 5 heteroatoms. The standard InChI is InChI=1S/C18H23BrN4/c1-3-14-8-6-7-11-23(14)17-12-13(2)20-18(22-17)21-16-10-5-4-9-15(16)19/h4-5,9-10,12,14H,3,6-8,11H2,1-2H3,(H,20,21,22). The molecule has 1 aromatic heterocycles. The lowest BCUT2D eigenvalue weighted by atomic mass is 10.00. The number of rotatable bonds is 4. The first-order valence-electron chi connectivity index (χ1n) is 8.31. The zero-order valence-electron chi connectivity index (χ0n) is 13.7. The molecule has 1 unspecified atom stereocenters. The first-order valence-corrected chi connectivity index (χ1v) is 9.10. The van der Waals surface area contributed by atoms with Crippen LogP contribution < -0.4 is 10.2 Å². The molecule has 1 fully saturated rings. The van der Waals surface area contributed by atoms with E-state index < -0.39 is 0 Å². The lowest BCUT2D eigenvalue weighted by Crippen LogP contribution is -2.39. The SMILES string of the molecule is CCC1CCCCN1c1cc(C)nc(Nc2ccccc2Br)n1. The van der Waals surface area contributed by atoms with Gasteiger partial charge in [-0.25, -0.2) is 4.98 Å². The van der Waals surface area contributed by atoms with Crippen molar-refractivity contribution in [1.82, 2.24) is 9.97 Å². The van der Waals surface area contributed by atoms with Gasteiger partial charge >= 0.3 is 0 Å². The Kier molecular flexibility index (Phi) is 5.16. The van der Waals surface area contributed by atoms with Crippen molar-refractivity contribution in [1.29, 1.82) is 0 Å². The largest absolute Gasteiger partial charge is 0.353 e. The Morgan fingerprint density at radius 1 is 1.26 bits per heavy atom. The van der Waals surface area contributed by atoms with E-state index >= 15 is 0 Å². The van der Waals surface area contributed by atoms with Gasteiger partial charge in [-0.3, -0.25) is 0 Å². The van der Waals surface area contributed by atoms with Crippen molar-refractivity contribution in [3.8, 4) is 0 Å². The van der Waals surface area contributed by atoms with Crippen LogP contribution in [0.25, 0.3) is 0 Å². The highest BCUT2D eigenvalue weighted by molar-refractivity contribution is 9.10. The molecule has 0 bridgehead atoms. The normalized spacial score (nSPS) is 18.0. The van der Waals surface area contributed by atoms with Gasteiger partial charge in [0, 0.05) is 28.8 Å². The molecule has 1 saturated heterocycles. The second-order valence-corrected chi connectivity index (χ2v) is 6.90. The molecule has 2 aromatic rings. The predicted molar refractivity (Wildman–Crippen MR) is 99.5 cm³/mol. The number of hydrogen-bond donors (Lipinski definition) is 1. The van der Waals surface area contributed by atoms with Crippen LogP contribution in [0.1, 0.15) is 38.3 Å². The molecule has 122 valence electrons. The number of anilines is 3. The van der Waals surface area contributed by atoms with Crippen molar-refractivity contribution in [2.24, 2.45) is 0 Å². The molecule has 0 amide bonds. The number of nitrogens with zero attached hydrogens (tertiary/aromatic N) is 3. The molecule has 0 spiro atoms. The fourth-order valence-electron chi connectivity index (χ4n) is 3.16. The van der Waals surface area contributed by atoms with E-state index in [4.69, 9.17) is 4.98 Å². The minimum atomic E-state index is 0.592. The molecule has 1 atom stereocenters. The van der Waals surface area contributed by atoms with Crippen molar-refractivity contribution >= 4 is 33.4 Å². The van der Waals surface area contributed by atoms with Crippen LogP contribution in [0.2, 0.25) is 0 Å². The first-order chi connectivity index (χ1) is 11.2. The van der Waals surface area contributed by atoms with Crippen LogP contribution in [0.5, 0.6) is 0 Å². The predicted octanol–water partition coefficient (Wildman–Crippen LogP) is 5.06. The Labute approximate surface area is 146 Å². The Balaban J connectivity index is 1.88. The maximum atomic E-state index is 4.77. The molecule has 1 aliphatic heterocycles. The number of benzene rings is 1. The molecule has 1 aromatic carbocycles. The molecule has 3 rings (SSSR count). The number of aryl methyl sites for hydroxylation is 1. The lowest BCUT2D eigenvalue weighted by Gasteiger charge is -2.36. The molecule has 4 nitrogen and oxygen atoms in total. The van der Waals surface area contributed by atoms with Gasteiger partial charge in [0.1, 0.15) is 5.82 Å². The quantitative estimate of drug-likeness (QED) is 0.811. The summed E-state index contributed by atoms with van der Waals surface area (Å²) in [6.07, 6.45) is 4.98. The Bertz CT molecular complexity index is 674. The van der Waals surface area contributed by atoms with Crippen molar-refractivity contribution < 1.29 is 0 Å². The molecule has 2 heterocycles. The molecular weight excluding hydrogens is 352 g/mol. The van der Waals surface area contributed by atoms with Gasteiger partial charge in [-0.1, -0.05) is 19.1 Å². The Morgan fingerprint density at radius 3 is 2.87 bits per heavy atom. The van der Waals surface area contributed by atoms with Crippen LogP contribution >= 0.6 is 15.9 Å². The van der Waals surface area contributed by atoms with E-state index in [1.165, 1.54) is 19.3 Å². The molecule has 1 N–H and O–H groups in total. The van der Waals surface area contributed by atoms with Crippen LogP contribution in [0.4, 0.5) is 17.5 Å². The summed E-state index contributed by atoms with van der Waals surface area (Å²) in [5, 5.41) is 3.33. The minimum Gasteiger partial charge on any atom is -0.353 e. The highest BCUT2D eigenvalue weighted by atomic mass is 79.9. The van der Waals surface area contributed by atoms with Crippen LogP contribution in [0, 0.1) is 6.92 Å². The fourth-order valence-corrected chi connectivity index (χ4v) is 3.55. The Hall–Kier alpha value is -1.62. The van der Waals surface area contributed by atoms with Gasteiger partial charge in [0.25, 0.3) is 0 Å². The van der Waals surface area contributed by atoms with Crippen molar-refractivity contribution in [2.45, 2.75) is 45.6 Å². The average molecular weight is 375 g/mol. The lowest BCUT2D eigenvalue weighted by molar-refractivity contribution is 0.446. The maximum Gasteiger partial charge on any atom is 0.229 e. The van der Waals surface area contributed by atoms with Crippen LogP contribution in [0.15, 0.2) is 34.8 Å². The molecule has 0 radical (unpaired) electrons. The van der Waals surface area contributed by atoms with Gasteiger partial charge in [0.2, 0.25) is 5.95 Å². The third-order valence-corrected chi connectivity index (χ3v) is 5.05. The average Bonchev–Trinajstić information content (AvgIpc) is 2.56. The highest BCUT2D eigenvalue weighted by Crippen LogP contribution is 2.28. The first kappa shape index (κ1) is 16.2. The number of para-hydroxylation sites is 1. The molecule has 0 aliphatic carbocycles.